The molecule has 1 aliphatic rings. The summed E-state index contributed by atoms with van der Waals surface area (Å²) in [6, 6.07) is 4.31. The van der Waals surface area contributed by atoms with Crippen molar-refractivity contribution in [3.05, 3.63) is 23.9 Å². The van der Waals surface area contributed by atoms with E-state index in [1.54, 1.807) is 0 Å². The van der Waals surface area contributed by atoms with Gasteiger partial charge in [0, 0.05) is 24.7 Å². The Morgan fingerprint density at radius 2 is 2.11 bits per heavy atom. The highest BCUT2D eigenvalue weighted by Crippen LogP contribution is 2.20. The molecule has 0 bridgehead atoms. The van der Waals surface area contributed by atoms with Crippen LogP contribution in [0.15, 0.2) is 18.3 Å². The fourth-order valence-electron chi connectivity index (χ4n) is 1.85. The molecule has 0 atom stereocenters. The zero-order chi connectivity index (χ0) is 13.3. The third-order valence-electron chi connectivity index (χ3n) is 3.12. The molecule has 1 amide bonds. The fraction of sp³-hybridized carbons (Fsp3) is 0.571. The Bertz CT molecular complexity index is 445. The van der Waals surface area contributed by atoms with Gasteiger partial charge in [-0.2, -0.15) is 0 Å². The van der Waals surface area contributed by atoms with Crippen molar-refractivity contribution in [1.82, 2.24) is 10.3 Å². The third kappa shape index (κ3) is 2.81. The second kappa shape index (κ2) is 4.59. The Hall–Kier alpha value is -1.58. The van der Waals surface area contributed by atoms with Gasteiger partial charge in [0.2, 0.25) is 5.91 Å². The summed E-state index contributed by atoms with van der Waals surface area (Å²) in [6.07, 6.45) is 1.83. The smallest absolute Gasteiger partial charge is 0.225 e. The maximum absolute atomic E-state index is 11.8. The SMILES string of the molecule is Cc1ccnc(N2CC(NC(=O)C(C)(C)C)C2)c1. The van der Waals surface area contributed by atoms with Gasteiger partial charge < -0.3 is 10.2 Å². The summed E-state index contributed by atoms with van der Waals surface area (Å²) >= 11 is 0. The van der Waals surface area contributed by atoms with E-state index in [-0.39, 0.29) is 17.4 Å². The van der Waals surface area contributed by atoms with Gasteiger partial charge in [0.05, 0.1) is 6.04 Å². The molecular weight excluding hydrogens is 226 g/mol. The maximum Gasteiger partial charge on any atom is 0.225 e. The number of hydrogen-bond acceptors (Lipinski definition) is 3. The van der Waals surface area contributed by atoms with Crippen LogP contribution in [0.4, 0.5) is 5.82 Å². The first-order valence-electron chi connectivity index (χ1n) is 6.35. The molecule has 2 rings (SSSR count). The highest BCUT2D eigenvalue weighted by molar-refractivity contribution is 5.82. The van der Waals surface area contributed by atoms with Gasteiger partial charge in [0.15, 0.2) is 0 Å². The lowest BCUT2D eigenvalue weighted by Crippen LogP contribution is -2.61. The van der Waals surface area contributed by atoms with Crippen molar-refractivity contribution in [2.45, 2.75) is 33.7 Å². The molecule has 0 spiro atoms. The van der Waals surface area contributed by atoms with Crippen LogP contribution in [0, 0.1) is 12.3 Å². The number of anilines is 1. The number of hydrogen-bond donors (Lipinski definition) is 1. The van der Waals surface area contributed by atoms with E-state index in [0.29, 0.717) is 0 Å². The number of amides is 1. The van der Waals surface area contributed by atoms with Crippen LogP contribution in [0.1, 0.15) is 26.3 Å². The summed E-state index contributed by atoms with van der Waals surface area (Å²) in [5.41, 5.74) is 0.893. The van der Waals surface area contributed by atoms with Crippen LogP contribution in [0.5, 0.6) is 0 Å². The predicted octanol–water partition coefficient (Wildman–Crippen LogP) is 1.74. The molecule has 0 aliphatic carbocycles. The van der Waals surface area contributed by atoms with Gasteiger partial charge in [0.1, 0.15) is 5.82 Å². The van der Waals surface area contributed by atoms with Crippen LogP contribution in [0.2, 0.25) is 0 Å². The minimum Gasteiger partial charge on any atom is -0.352 e. The standard InChI is InChI=1S/C14H21N3O/c1-10-5-6-15-12(7-10)17-8-11(9-17)16-13(18)14(2,3)4/h5-7,11H,8-9H2,1-4H3,(H,16,18). The average Bonchev–Trinajstić information content (AvgIpc) is 2.20. The molecule has 2 heterocycles. The van der Waals surface area contributed by atoms with Crippen LogP contribution in [-0.2, 0) is 4.79 Å². The van der Waals surface area contributed by atoms with Crippen molar-refractivity contribution in [3.8, 4) is 0 Å². The Labute approximate surface area is 108 Å². The van der Waals surface area contributed by atoms with Crippen molar-refractivity contribution < 1.29 is 4.79 Å². The molecule has 1 fully saturated rings. The molecule has 0 radical (unpaired) electrons. The van der Waals surface area contributed by atoms with Crippen molar-refractivity contribution in [2.24, 2.45) is 5.41 Å². The van der Waals surface area contributed by atoms with E-state index in [9.17, 15) is 4.79 Å². The number of nitrogens with zero attached hydrogens (tertiary/aromatic N) is 2. The van der Waals surface area contributed by atoms with E-state index in [2.05, 4.69) is 28.2 Å². The lowest BCUT2D eigenvalue weighted by atomic mass is 9.94. The molecular formula is C14H21N3O. The van der Waals surface area contributed by atoms with Gasteiger partial charge in [0.25, 0.3) is 0 Å². The number of nitrogens with one attached hydrogen (secondary N) is 1. The third-order valence-corrected chi connectivity index (χ3v) is 3.12. The highest BCUT2D eigenvalue weighted by Gasteiger charge is 2.32. The number of aromatic nitrogens is 1. The van der Waals surface area contributed by atoms with Gasteiger partial charge in [-0.05, 0) is 24.6 Å². The molecule has 1 saturated heterocycles. The van der Waals surface area contributed by atoms with Crippen LogP contribution in [0.25, 0.3) is 0 Å². The van der Waals surface area contributed by atoms with Gasteiger partial charge in [-0.25, -0.2) is 4.98 Å². The number of rotatable bonds is 2. The minimum atomic E-state index is -0.317. The Morgan fingerprint density at radius 3 is 2.67 bits per heavy atom. The molecule has 1 aliphatic heterocycles. The topological polar surface area (TPSA) is 45.2 Å². The summed E-state index contributed by atoms with van der Waals surface area (Å²) in [5, 5.41) is 3.06. The fourth-order valence-corrected chi connectivity index (χ4v) is 1.85. The normalized spacial score (nSPS) is 16.3. The number of aryl methyl sites for hydroxylation is 1. The summed E-state index contributed by atoms with van der Waals surface area (Å²) < 4.78 is 0. The van der Waals surface area contributed by atoms with Gasteiger partial charge >= 0.3 is 0 Å². The largest absolute Gasteiger partial charge is 0.352 e. The molecule has 18 heavy (non-hydrogen) atoms. The second-order valence-electron chi connectivity index (χ2n) is 6.02. The Morgan fingerprint density at radius 1 is 1.44 bits per heavy atom. The molecule has 1 N–H and O–H groups in total. The number of carbonyl (C=O) groups excluding carboxylic acids is 1. The molecule has 0 aromatic carbocycles. The van der Waals surface area contributed by atoms with Crippen LogP contribution in [0.3, 0.4) is 0 Å². The first kappa shape index (κ1) is 12.9. The zero-order valence-corrected chi connectivity index (χ0v) is 11.5. The Kier molecular flexibility index (Phi) is 3.28. The number of pyridine rings is 1. The van der Waals surface area contributed by atoms with Crippen LogP contribution < -0.4 is 10.2 Å². The van der Waals surface area contributed by atoms with E-state index < -0.39 is 0 Å². The van der Waals surface area contributed by atoms with Gasteiger partial charge in [-0.1, -0.05) is 20.8 Å². The van der Waals surface area contributed by atoms with E-state index >= 15 is 0 Å². The summed E-state index contributed by atoms with van der Waals surface area (Å²) in [5.74, 6) is 1.11. The van der Waals surface area contributed by atoms with E-state index in [1.807, 2.05) is 33.0 Å². The van der Waals surface area contributed by atoms with Crippen LogP contribution in [-0.4, -0.2) is 30.0 Å². The van der Waals surface area contributed by atoms with E-state index in [0.717, 1.165) is 18.9 Å². The molecule has 1 aromatic heterocycles. The number of carbonyl (C=O) groups is 1. The second-order valence-corrected chi connectivity index (χ2v) is 6.02. The lowest BCUT2D eigenvalue weighted by Gasteiger charge is -2.41. The first-order chi connectivity index (χ1) is 8.36. The quantitative estimate of drug-likeness (QED) is 0.866. The van der Waals surface area contributed by atoms with Crippen molar-refractivity contribution >= 4 is 11.7 Å². The summed E-state index contributed by atoms with van der Waals surface area (Å²) in [6.45, 7) is 9.54. The zero-order valence-electron chi connectivity index (χ0n) is 11.5. The molecule has 4 nitrogen and oxygen atoms in total. The van der Waals surface area contributed by atoms with Gasteiger partial charge in [-0.3, -0.25) is 4.79 Å². The predicted molar refractivity (Wildman–Crippen MR) is 72.6 cm³/mol. The molecule has 98 valence electrons. The highest BCUT2D eigenvalue weighted by atomic mass is 16.2. The molecule has 4 heteroatoms. The lowest BCUT2D eigenvalue weighted by molar-refractivity contribution is -0.129. The van der Waals surface area contributed by atoms with E-state index in [4.69, 9.17) is 0 Å². The summed E-state index contributed by atoms with van der Waals surface area (Å²) in [7, 11) is 0. The average molecular weight is 247 g/mol. The van der Waals surface area contributed by atoms with Crippen molar-refractivity contribution in [2.75, 3.05) is 18.0 Å². The van der Waals surface area contributed by atoms with Crippen LogP contribution >= 0.6 is 0 Å². The van der Waals surface area contributed by atoms with Crippen molar-refractivity contribution in [3.63, 3.8) is 0 Å². The van der Waals surface area contributed by atoms with E-state index in [1.165, 1.54) is 5.56 Å². The first-order valence-corrected chi connectivity index (χ1v) is 6.35. The van der Waals surface area contributed by atoms with Gasteiger partial charge in [-0.15, -0.1) is 0 Å². The van der Waals surface area contributed by atoms with Crippen molar-refractivity contribution in [1.29, 1.82) is 0 Å². The Balaban J connectivity index is 1.86. The maximum atomic E-state index is 11.8. The summed E-state index contributed by atoms with van der Waals surface area (Å²) in [4.78, 5) is 18.3. The minimum absolute atomic E-state index is 0.115. The molecule has 0 saturated carbocycles. The molecule has 1 aromatic rings. The monoisotopic (exact) mass is 247 g/mol. The molecule has 0 unspecified atom stereocenters.